The molecule has 3 aromatic rings. The number of benzene rings is 2. The lowest BCUT2D eigenvalue weighted by Gasteiger charge is -2.05. The first-order valence-corrected chi connectivity index (χ1v) is 11.2. The summed E-state index contributed by atoms with van der Waals surface area (Å²) in [6, 6.07) is 13.2. The predicted molar refractivity (Wildman–Crippen MR) is 117 cm³/mol. The lowest BCUT2D eigenvalue weighted by molar-refractivity contribution is -0.120. The smallest absolute Gasteiger partial charge is 0.226 e. The van der Waals surface area contributed by atoms with Gasteiger partial charge in [-0.15, -0.1) is 11.3 Å². The lowest BCUT2D eigenvalue weighted by atomic mass is 10.1. The lowest BCUT2D eigenvalue weighted by Crippen LogP contribution is -2.27. The molecule has 1 N–H and O–H groups in total. The molecule has 1 amide bonds. The maximum atomic E-state index is 12.9. The average molecular weight is 445 g/mol. The largest absolute Gasteiger partial charge is 0.497 e. The zero-order chi connectivity index (χ0) is 21.3. The number of aromatic nitrogens is 1. The number of methoxy groups -OCH3 is 1. The van der Waals surface area contributed by atoms with Gasteiger partial charge >= 0.3 is 0 Å². The van der Waals surface area contributed by atoms with Crippen LogP contribution < -0.4 is 10.1 Å². The SMILES string of the molecule is COc1ccc(CCNC(=O)Cc2csc(SCC(=O)c3ccc(F)cc3)n2)cc1. The third kappa shape index (κ3) is 6.67. The van der Waals surface area contributed by atoms with Crippen molar-refractivity contribution in [1.82, 2.24) is 10.3 Å². The first-order valence-electron chi connectivity index (χ1n) is 9.29. The summed E-state index contributed by atoms with van der Waals surface area (Å²) in [5.41, 5.74) is 2.27. The van der Waals surface area contributed by atoms with Crippen LogP contribution in [0.4, 0.5) is 4.39 Å². The van der Waals surface area contributed by atoms with Gasteiger partial charge in [-0.1, -0.05) is 23.9 Å². The highest BCUT2D eigenvalue weighted by Crippen LogP contribution is 2.24. The molecule has 1 heterocycles. The first kappa shape index (κ1) is 22.0. The van der Waals surface area contributed by atoms with E-state index in [1.165, 1.54) is 47.4 Å². The Morgan fingerprint density at radius 1 is 1.13 bits per heavy atom. The van der Waals surface area contributed by atoms with Crippen molar-refractivity contribution in [2.24, 2.45) is 0 Å². The van der Waals surface area contributed by atoms with Gasteiger partial charge in [-0.3, -0.25) is 9.59 Å². The van der Waals surface area contributed by atoms with E-state index in [2.05, 4.69) is 10.3 Å². The molecule has 8 heteroatoms. The quantitative estimate of drug-likeness (QED) is 0.376. The number of thioether (sulfide) groups is 1. The third-order valence-corrected chi connectivity index (χ3v) is 6.33. The van der Waals surface area contributed by atoms with Gasteiger partial charge in [-0.2, -0.15) is 0 Å². The number of thiazole rings is 1. The number of hydrogen-bond acceptors (Lipinski definition) is 6. The highest BCUT2D eigenvalue weighted by Gasteiger charge is 2.11. The van der Waals surface area contributed by atoms with Gasteiger partial charge in [0, 0.05) is 17.5 Å². The number of nitrogens with one attached hydrogen (secondary N) is 1. The Bertz CT molecular complexity index is 988. The van der Waals surface area contributed by atoms with E-state index >= 15 is 0 Å². The Labute approximate surface area is 182 Å². The monoisotopic (exact) mass is 444 g/mol. The van der Waals surface area contributed by atoms with Crippen molar-refractivity contribution in [3.8, 4) is 5.75 Å². The number of ketones is 1. The van der Waals surface area contributed by atoms with Crippen LogP contribution in [0.25, 0.3) is 0 Å². The number of amides is 1. The summed E-state index contributed by atoms with van der Waals surface area (Å²) in [7, 11) is 1.63. The summed E-state index contributed by atoms with van der Waals surface area (Å²) in [5.74, 6) is 0.471. The van der Waals surface area contributed by atoms with Crippen LogP contribution in [0.1, 0.15) is 21.6 Å². The Morgan fingerprint density at radius 3 is 2.57 bits per heavy atom. The molecule has 5 nitrogen and oxygen atoms in total. The van der Waals surface area contributed by atoms with Crippen LogP contribution in [0.2, 0.25) is 0 Å². The Hall–Kier alpha value is -2.71. The number of halogens is 1. The molecule has 0 aliphatic rings. The fourth-order valence-electron chi connectivity index (χ4n) is 2.65. The van der Waals surface area contributed by atoms with Gasteiger partial charge in [-0.25, -0.2) is 9.37 Å². The molecule has 30 heavy (non-hydrogen) atoms. The van der Waals surface area contributed by atoms with Crippen molar-refractivity contribution in [3.05, 3.63) is 76.5 Å². The van der Waals surface area contributed by atoms with E-state index in [4.69, 9.17) is 4.74 Å². The second kappa shape index (κ2) is 10.9. The van der Waals surface area contributed by atoms with E-state index in [9.17, 15) is 14.0 Å². The molecule has 3 rings (SSSR count). The zero-order valence-electron chi connectivity index (χ0n) is 16.4. The van der Waals surface area contributed by atoms with Crippen LogP contribution in [-0.4, -0.2) is 36.1 Å². The van der Waals surface area contributed by atoms with Crippen LogP contribution in [-0.2, 0) is 17.6 Å². The molecule has 0 unspecified atom stereocenters. The summed E-state index contributed by atoms with van der Waals surface area (Å²) in [6.45, 7) is 0.545. The fraction of sp³-hybridized carbons (Fsp3) is 0.227. The highest BCUT2D eigenvalue weighted by molar-refractivity contribution is 8.01. The minimum Gasteiger partial charge on any atom is -0.497 e. The molecule has 0 atom stereocenters. The third-order valence-electron chi connectivity index (χ3n) is 4.26. The predicted octanol–water partition coefficient (Wildman–Crippen LogP) is 4.17. The Kier molecular flexibility index (Phi) is 7.98. The molecule has 0 saturated carbocycles. The average Bonchev–Trinajstić information content (AvgIpc) is 3.20. The molecule has 0 aliphatic carbocycles. The van der Waals surface area contributed by atoms with E-state index < -0.39 is 0 Å². The van der Waals surface area contributed by atoms with E-state index in [-0.39, 0.29) is 29.7 Å². The fourth-order valence-corrected chi connectivity index (χ4v) is 4.39. The number of rotatable bonds is 10. The summed E-state index contributed by atoms with van der Waals surface area (Å²) < 4.78 is 18.8. The summed E-state index contributed by atoms with van der Waals surface area (Å²) >= 11 is 2.72. The number of nitrogens with zero attached hydrogens (tertiary/aromatic N) is 1. The minimum atomic E-state index is -0.369. The number of carbonyl (C=O) groups excluding carboxylic acids is 2. The van der Waals surface area contributed by atoms with Crippen molar-refractivity contribution in [1.29, 1.82) is 0 Å². The Morgan fingerprint density at radius 2 is 1.87 bits per heavy atom. The van der Waals surface area contributed by atoms with Crippen LogP contribution in [0.3, 0.4) is 0 Å². The molecule has 0 saturated heterocycles. The molecule has 2 aromatic carbocycles. The molecule has 156 valence electrons. The van der Waals surface area contributed by atoms with Gasteiger partial charge < -0.3 is 10.1 Å². The minimum absolute atomic E-state index is 0.0898. The highest BCUT2D eigenvalue weighted by atomic mass is 32.2. The molecule has 0 aliphatic heterocycles. The van der Waals surface area contributed by atoms with Crippen molar-refractivity contribution in [2.45, 2.75) is 17.2 Å². The number of hydrogen-bond donors (Lipinski definition) is 1. The van der Waals surface area contributed by atoms with E-state index in [0.29, 0.717) is 17.8 Å². The van der Waals surface area contributed by atoms with Crippen molar-refractivity contribution in [3.63, 3.8) is 0 Å². The standard InChI is InChI=1S/C22H21FN2O3S2/c1-28-19-8-2-15(3-9-19)10-11-24-21(27)12-18-13-29-22(25-18)30-14-20(26)16-4-6-17(23)7-5-16/h2-9,13H,10-12,14H2,1H3,(H,24,27). The van der Waals surface area contributed by atoms with Crippen LogP contribution in [0.15, 0.2) is 58.3 Å². The maximum Gasteiger partial charge on any atom is 0.226 e. The molecule has 0 spiro atoms. The topological polar surface area (TPSA) is 68.3 Å². The van der Waals surface area contributed by atoms with E-state index in [1.807, 2.05) is 29.6 Å². The number of ether oxygens (including phenoxy) is 1. The second-order valence-electron chi connectivity index (χ2n) is 6.45. The molecule has 1 aromatic heterocycles. The van der Waals surface area contributed by atoms with Crippen molar-refractivity contribution >= 4 is 34.8 Å². The molecule has 0 bridgehead atoms. The number of Topliss-reactive ketones (excluding diaryl/α,β-unsaturated/α-hetero) is 1. The van der Waals surface area contributed by atoms with Crippen molar-refractivity contribution < 1.29 is 18.7 Å². The van der Waals surface area contributed by atoms with Crippen LogP contribution in [0, 0.1) is 5.82 Å². The summed E-state index contributed by atoms with van der Waals surface area (Å²) in [5, 5.41) is 4.72. The summed E-state index contributed by atoms with van der Waals surface area (Å²) in [4.78, 5) is 28.7. The number of carbonyl (C=O) groups is 2. The van der Waals surface area contributed by atoms with Crippen molar-refractivity contribution in [2.75, 3.05) is 19.4 Å². The van der Waals surface area contributed by atoms with E-state index in [1.54, 1.807) is 7.11 Å². The molecular weight excluding hydrogens is 423 g/mol. The van der Waals surface area contributed by atoms with Gasteiger partial charge in [0.15, 0.2) is 10.1 Å². The maximum absolute atomic E-state index is 12.9. The van der Waals surface area contributed by atoms with Gasteiger partial charge in [0.2, 0.25) is 5.91 Å². The normalized spacial score (nSPS) is 10.6. The van der Waals surface area contributed by atoms with E-state index in [0.717, 1.165) is 22.1 Å². The molecular formula is C22H21FN2O3S2. The van der Waals surface area contributed by atoms with Crippen LogP contribution >= 0.6 is 23.1 Å². The van der Waals surface area contributed by atoms with Gasteiger partial charge in [0.1, 0.15) is 11.6 Å². The Balaban J connectivity index is 1.40. The molecule has 0 fully saturated rings. The van der Waals surface area contributed by atoms with Gasteiger partial charge in [0.25, 0.3) is 0 Å². The van der Waals surface area contributed by atoms with Crippen LogP contribution in [0.5, 0.6) is 5.75 Å². The summed E-state index contributed by atoms with van der Waals surface area (Å²) in [6.07, 6.45) is 0.935. The second-order valence-corrected chi connectivity index (χ2v) is 8.53. The zero-order valence-corrected chi connectivity index (χ0v) is 18.0. The van der Waals surface area contributed by atoms with Gasteiger partial charge in [0.05, 0.1) is 25.0 Å². The first-order chi connectivity index (χ1) is 14.5. The van der Waals surface area contributed by atoms with Gasteiger partial charge in [-0.05, 0) is 48.4 Å². The molecule has 0 radical (unpaired) electrons.